The number of hydrogen-bond acceptors (Lipinski definition) is 4. The lowest BCUT2D eigenvalue weighted by molar-refractivity contribution is -0.160. The number of hydrogen-bond donors (Lipinski definition) is 1. The van der Waals surface area contributed by atoms with E-state index in [0.29, 0.717) is 19.4 Å². The molecule has 0 radical (unpaired) electrons. The average Bonchev–Trinajstić information content (AvgIpc) is 3.12. The van der Waals surface area contributed by atoms with E-state index >= 15 is 0 Å². The smallest absolute Gasteiger partial charge is 0.246 e. The van der Waals surface area contributed by atoms with Crippen LogP contribution in [0.3, 0.4) is 0 Å². The second-order valence-corrected chi connectivity index (χ2v) is 7.42. The summed E-state index contributed by atoms with van der Waals surface area (Å²) in [6.07, 6.45) is 0.124. The third kappa shape index (κ3) is 3.47. The van der Waals surface area contributed by atoms with Gasteiger partial charge in [-0.15, -0.1) is 0 Å². The summed E-state index contributed by atoms with van der Waals surface area (Å²) in [4.78, 5) is 29.7. The van der Waals surface area contributed by atoms with Crippen LogP contribution in [0, 0.1) is 0 Å². The zero-order valence-electron chi connectivity index (χ0n) is 15.8. The third-order valence-corrected chi connectivity index (χ3v) is 5.58. The molecule has 2 heterocycles. The molecule has 2 aromatic rings. The van der Waals surface area contributed by atoms with Gasteiger partial charge in [0.1, 0.15) is 17.8 Å². The molecular formula is C22H24N2O4. The fourth-order valence-electron chi connectivity index (χ4n) is 4.11. The molecule has 4 rings (SSSR count). The van der Waals surface area contributed by atoms with Crippen molar-refractivity contribution in [3.63, 3.8) is 0 Å². The van der Waals surface area contributed by atoms with Gasteiger partial charge in [0.15, 0.2) is 0 Å². The summed E-state index contributed by atoms with van der Waals surface area (Å²) in [5, 5.41) is 10.0. The van der Waals surface area contributed by atoms with Crippen LogP contribution in [0.15, 0.2) is 54.6 Å². The van der Waals surface area contributed by atoms with E-state index < -0.39 is 18.2 Å². The van der Waals surface area contributed by atoms with Crippen LogP contribution in [-0.4, -0.2) is 58.6 Å². The van der Waals surface area contributed by atoms with Crippen LogP contribution < -0.4 is 4.74 Å². The van der Waals surface area contributed by atoms with E-state index in [2.05, 4.69) is 0 Å². The number of carbonyl (C=O) groups excluding carboxylic acids is 2. The Balaban J connectivity index is 1.63. The first-order chi connectivity index (χ1) is 13.6. The molecule has 0 aromatic heterocycles. The van der Waals surface area contributed by atoms with Crippen LogP contribution >= 0.6 is 0 Å². The molecule has 6 heteroatoms. The maximum absolute atomic E-state index is 13.2. The van der Waals surface area contributed by atoms with Crippen molar-refractivity contribution in [1.29, 1.82) is 0 Å². The molecule has 2 saturated heterocycles. The molecule has 2 aliphatic heterocycles. The van der Waals surface area contributed by atoms with Gasteiger partial charge >= 0.3 is 0 Å². The summed E-state index contributed by atoms with van der Waals surface area (Å²) in [6, 6.07) is 16.1. The lowest BCUT2D eigenvalue weighted by atomic mass is 9.97. The van der Waals surface area contributed by atoms with Crippen molar-refractivity contribution >= 4 is 11.8 Å². The van der Waals surface area contributed by atoms with E-state index in [-0.39, 0.29) is 18.4 Å². The van der Waals surface area contributed by atoms with Crippen molar-refractivity contribution in [3.05, 3.63) is 65.7 Å². The molecule has 1 unspecified atom stereocenters. The number of methoxy groups -OCH3 is 1. The molecule has 0 bridgehead atoms. The fourth-order valence-corrected chi connectivity index (χ4v) is 4.11. The van der Waals surface area contributed by atoms with Gasteiger partial charge in [-0.05, 0) is 23.3 Å². The van der Waals surface area contributed by atoms with E-state index in [0.717, 1.165) is 16.9 Å². The van der Waals surface area contributed by atoms with Gasteiger partial charge in [0.2, 0.25) is 11.8 Å². The Labute approximate surface area is 164 Å². The van der Waals surface area contributed by atoms with Crippen molar-refractivity contribution in [2.75, 3.05) is 13.7 Å². The molecular weight excluding hydrogens is 356 g/mol. The third-order valence-electron chi connectivity index (χ3n) is 5.58. The summed E-state index contributed by atoms with van der Waals surface area (Å²) in [7, 11) is 1.61. The Morgan fingerprint density at radius 1 is 1.00 bits per heavy atom. The Morgan fingerprint density at radius 3 is 2.39 bits per heavy atom. The van der Waals surface area contributed by atoms with Gasteiger partial charge in [-0.1, -0.05) is 42.5 Å². The van der Waals surface area contributed by atoms with Crippen LogP contribution in [0.5, 0.6) is 5.75 Å². The molecule has 0 spiro atoms. The zero-order valence-corrected chi connectivity index (χ0v) is 15.8. The normalized spacial score (nSPS) is 24.4. The highest BCUT2D eigenvalue weighted by molar-refractivity contribution is 5.97. The number of rotatable bonds is 5. The van der Waals surface area contributed by atoms with Gasteiger partial charge in [-0.25, -0.2) is 0 Å². The number of fused-ring (bicyclic) bond motifs is 1. The van der Waals surface area contributed by atoms with E-state index in [9.17, 15) is 14.7 Å². The van der Waals surface area contributed by atoms with Crippen LogP contribution in [0.1, 0.15) is 17.5 Å². The number of amides is 2. The molecule has 2 aromatic carbocycles. The van der Waals surface area contributed by atoms with Crippen LogP contribution in [-0.2, 0) is 22.6 Å². The first kappa shape index (κ1) is 18.5. The molecule has 6 nitrogen and oxygen atoms in total. The minimum atomic E-state index is -0.642. The number of piperazine rings is 1. The van der Waals surface area contributed by atoms with E-state index in [1.165, 1.54) is 0 Å². The van der Waals surface area contributed by atoms with E-state index in [1.54, 1.807) is 16.9 Å². The summed E-state index contributed by atoms with van der Waals surface area (Å²) < 4.78 is 5.20. The second kappa shape index (κ2) is 7.64. The van der Waals surface area contributed by atoms with Gasteiger partial charge in [-0.3, -0.25) is 9.59 Å². The predicted molar refractivity (Wildman–Crippen MR) is 104 cm³/mol. The largest absolute Gasteiger partial charge is 0.497 e. The number of aliphatic hydroxyl groups excluding tert-OH is 1. The minimum Gasteiger partial charge on any atom is -0.497 e. The number of aliphatic hydroxyl groups is 1. The first-order valence-electron chi connectivity index (χ1n) is 9.52. The van der Waals surface area contributed by atoms with Crippen molar-refractivity contribution in [1.82, 2.24) is 9.80 Å². The van der Waals surface area contributed by atoms with Gasteiger partial charge in [0.25, 0.3) is 0 Å². The quantitative estimate of drug-likeness (QED) is 0.856. The lowest BCUT2D eigenvalue weighted by Crippen LogP contribution is -2.63. The summed E-state index contributed by atoms with van der Waals surface area (Å²) in [6.45, 7) is 0.587. The molecule has 0 aliphatic carbocycles. The SMILES string of the molecule is COc1ccc(CN2C(=O)C3C[C@@H](O)CN3C(=O)[C@@H]2Cc2ccccc2)cc1. The Kier molecular flexibility index (Phi) is 5.05. The maximum atomic E-state index is 13.2. The molecule has 2 amide bonds. The van der Waals surface area contributed by atoms with Crippen molar-refractivity contribution in [3.8, 4) is 5.75 Å². The highest BCUT2D eigenvalue weighted by Crippen LogP contribution is 2.30. The van der Waals surface area contributed by atoms with Gasteiger partial charge in [0, 0.05) is 25.9 Å². The Hall–Kier alpha value is -2.86. The van der Waals surface area contributed by atoms with Crippen molar-refractivity contribution < 1.29 is 19.4 Å². The number of nitrogens with zero attached hydrogens (tertiary/aromatic N) is 2. The average molecular weight is 380 g/mol. The van der Waals surface area contributed by atoms with E-state index in [1.807, 2.05) is 54.6 Å². The fraction of sp³-hybridized carbons (Fsp3) is 0.364. The highest BCUT2D eigenvalue weighted by Gasteiger charge is 2.49. The predicted octanol–water partition coefficient (Wildman–Crippen LogP) is 1.61. The molecule has 28 heavy (non-hydrogen) atoms. The standard InChI is InChI=1S/C22H24N2O4/c1-28-18-9-7-16(8-10-18)13-23-19(11-15-5-3-2-4-6-15)21(26)24-14-17(25)12-20(24)22(23)27/h2-10,17,19-20,25H,11-14H2,1H3/t17-,19+,20?/m1/s1. The van der Waals surface area contributed by atoms with Gasteiger partial charge in [0.05, 0.1) is 13.2 Å². The van der Waals surface area contributed by atoms with Crippen LogP contribution in [0.25, 0.3) is 0 Å². The number of benzene rings is 2. The molecule has 1 N–H and O–H groups in total. The Bertz CT molecular complexity index is 853. The molecule has 2 fully saturated rings. The molecule has 2 aliphatic rings. The first-order valence-corrected chi connectivity index (χ1v) is 9.52. The zero-order chi connectivity index (χ0) is 19.7. The van der Waals surface area contributed by atoms with E-state index in [4.69, 9.17) is 4.74 Å². The van der Waals surface area contributed by atoms with Crippen LogP contribution in [0.4, 0.5) is 0 Å². The minimum absolute atomic E-state index is 0.0847. The lowest BCUT2D eigenvalue weighted by Gasteiger charge is -2.42. The topological polar surface area (TPSA) is 70.1 Å². The summed E-state index contributed by atoms with van der Waals surface area (Å²) in [5.41, 5.74) is 1.94. The molecule has 0 saturated carbocycles. The molecule has 3 atom stereocenters. The summed E-state index contributed by atoms with van der Waals surface area (Å²) >= 11 is 0. The van der Waals surface area contributed by atoms with Crippen molar-refractivity contribution in [2.24, 2.45) is 0 Å². The van der Waals surface area contributed by atoms with Gasteiger partial charge in [-0.2, -0.15) is 0 Å². The number of carbonyl (C=O) groups is 2. The summed E-state index contributed by atoms with van der Waals surface area (Å²) in [5.74, 6) is 0.571. The van der Waals surface area contributed by atoms with Gasteiger partial charge < -0.3 is 19.6 Å². The van der Waals surface area contributed by atoms with Crippen LogP contribution in [0.2, 0.25) is 0 Å². The highest BCUT2D eigenvalue weighted by atomic mass is 16.5. The number of ether oxygens (including phenoxy) is 1. The monoisotopic (exact) mass is 380 g/mol. The maximum Gasteiger partial charge on any atom is 0.246 e. The molecule has 146 valence electrons. The Morgan fingerprint density at radius 2 is 1.71 bits per heavy atom. The van der Waals surface area contributed by atoms with Crippen molar-refractivity contribution in [2.45, 2.75) is 37.6 Å². The second-order valence-electron chi connectivity index (χ2n) is 7.42.